The highest BCUT2D eigenvalue weighted by Crippen LogP contribution is 2.16. The van der Waals surface area contributed by atoms with Crippen molar-refractivity contribution < 1.29 is 4.74 Å². The lowest BCUT2D eigenvalue weighted by molar-refractivity contribution is 0.123. The fourth-order valence-electron chi connectivity index (χ4n) is 2.48. The Balaban J connectivity index is 1.72. The molecule has 1 aliphatic rings. The number of anilines is 1. The molecule has 21 heavy (non-hydrogen) atoms. The minimum absolute atomic E-state index is 0.125. The molecule has 0 radical (unpaired) electrons. The second-order valence-electron chi connectivity index (χ2n) is 5.06. The van der Waals surface area contributed by atoms with E-state index in [4.69, 9.17) is 4.74 Å². The van der Waals surface area contributed by atoms with E-state index in [2.05, 4.69) is 24.8 Å². The summed E-state index contributed by atoms with van der Waals surface area (Å²) in [4.78, 5) is 28.7. The molecule has 2 aromatic rings. The number of hydrogen-bond acceptors (Lipinski definition) is 6. The fourth-order valence-corrected chi connectivity index (χ4v) is 2.48. The number of hydrogen-bond donors (Lipinski definition) is 1. The highest BCUT2D eigenvalue weighted by molar-refractivity contribution is 5.35. The maximum absolute atomic E-state index is 11.3. The molecule has 1 N–H and O–H groups in total. The topological polar surface area (TPSA) is 84.0 Å². The molecule has 7 nitrogen and oxygen atoms in total. The minimum atomic E-state index is -0.125. The van der Waals surface area contributed by atoms with E-state index in [-0.39, 0.29) is 11.5 Å². The highest BCUT2D eigenvalue weighted by Gasteiger charge is 2.20. The standard InChI is InChI=1S/C14H17N5O2/c20-14-6-12(17-10-18-14)5-11-8-19(3-4-21-9-11)13-7-15-1-2-16-13/h1-2,6-7,10-11H,3-5,8-9H2,(H,17,18,20). The van der Waals surface area contributed by atoms with Crippen molar-refractivity contribution in [3.05, 3.63) is 47.0 Å². The van der Waals surface area contributed by atoms with Crippen LogP contribution in [-0.4, -0.2) is 46.2 Å². The van der Waals surface area contributed by atoms with E-state index >= 15 is 0 Å². The van der Waals surface area contributed by atoms with Crippen molar-refractivity contribution in [2.75, 3.05) is 31.2 Å². The van der Waals surface area contributed by atoms with Gasteiger partial charge in [0.2, 0.25) is 0 Å². The predicted octanol–water partition coefficient (Wildman–Crippen LogP) is 0.255. The zero-order chi connectivity index (χ0) is 14.5. The summed E-state index contributed by atoms with van der Waals surface area (Å²) in [6.07, 6.45) is 7.26. The molecule has 0 aliphatic carbocycles. The molecular weight excluding hydrogens is 270 g/mol. The van der Waals surface area contributed by atoms with Crippen LogP contribution < -0.4 is 10.5 Å². The lowest BCUT2D eigenvalue weighted by Crippen LogP contribution is -2.31. The van der Waals surface area contributed by atoms with Crippen molar-refractivity contribution in [2.24, 2.45) is 5.92 Å². The van der Waals surface area contributed by atoms with E-state index in [9.17, 15) is 4.79 Å². The van der Waals surface area contributed by atoms with Crippen LogP contribution in [0.3, 0.4) is 0 Å². The van der Waals surface area contributed by atoms with Crippen LogP contribution in [0.5, 0.6) is 0 Å². The first-order valence-electron chi connectivity index (χ1n) is 6.93. The molecule has 0 saturated carbocycles. The third-order valence-electron chi connectivity index (χ3n) is 3.44. The van der Waals surface area contributed by atoms with Crippen LogP contribution >= 0.6 is 0 Å². The van der Waals surface area contributed by atoms with Crippen molar-refractivity contribution >= 4 is 5.82 Å². The van der Waals surface area contributed by atoms with Gasteiger partial charge in [-0.3, -0.25) is 9.78 Å². The summed E-state index contributed by atoms with van der Waals surface area (Å²) in [5.41, 5.74) is 0.661. The van der Waals surface area contributed by atoms with Crippen LogP contribution in [0.1, 0.15) is 5.69 Å². The van der Waals surface area contributed by atoms with Gasteiger partial charge < -0.3 is 14.6 Å². The zero-order valence-corrected chi connectivity index (χ0v) is 11.6. The first-order valence-corrected chi connectivity index (χ1v) is 6.93. The van der Waals surface area contributed by atoms with Gasteiger partial charge in [0.05, 0.1) is 25.7 Å². The van der Waals surface area contributed by atoms with Gasteiger partial charge in [-0.25, -0.2) is 9.97 Å². The summed E-state index contributed by atoms with van der Waals surface area (Å²) in [6.45, 7) is 2.92. The number of nitrogens with zero attached hydrogens (tertiary/aromatic N) is 4. The van der Waals surface area contributed by atoms with Crippen molar-refractivity contribution in [3.8, 4) is 0 Å². The zero-order valence-electron chi connectivity index (χ0n) is 11.6. The first-order chi connectivity index (χ1) is 10.3. The minimum Gasteiger partial charge on any atom is -0.379 e. The van der Waals surface area contributed by atoms with Crippen molar-refractivity contribution in [2.45, 2.75) is 6.42 Å². The van der Waals surface area contributed by atoms with Crippen molar-refractivity contribution in [1.29, 1.82) is 0 Å². The van der Waals surface area contributed by atoms with E-state index in [1.54, 1.807) is 18.6 Å². The Hall–Kier alpha value is -2.28. The number of H-pyrrole nitrogens is 1. The Morgan fingerprint density at radius 1 is 1.38 bits per heavy atom. The largest absolute Gasteiger partial charge is 0.379 e. The third-order valence-corrected chi connectivity index (χ3v) is 3.44. The maximum Gasteiger partial charge on any atom is 0.250 e. The number of rotatable bonds is 3. The summed E-state index contributed by atoms with van der Waals surface area (Å²) in [6, 6.07) is 1.54. The van der Waals surface area contributed by atoms with E-state index in [1.165, 1.54) is 12.4 Å². The molecule has 3 heterocycles. The molecule has 0 amide bonds. The number of ether oxygens (including phenoxy) is 1. The average Bonchev–Trinajstić information content (AvgIpc) is 2.74. The molecule has 1 fully saturated rings. The van der Waals surface area contributed by atoms with Crippen LogP contribution in [0.4, 0.5) is 5.82 Å². The van der Waals surface area contributed by atoms with Gasteiger partial charge in [0.15, 0.2) is 0 Å². The normalized spacial score (nSPS) is 19.2. The molecule has 1 unspecified atom stereocenters. The van der Waals surface area contributed by atoms with E-state index in [0.29, 0.717) is 19.6 Å². The van der Waals surface area contributed by atoms with Crippen LogP contribution in [0.2, 0.25) is 0 Å². The lowest BCUT2D eigenvalue weighted by atomic mass is 10.0. The number of aromatic amines is 1. The Kier molecular flexibility index (Phi) is 4.20. The lowest BCUT2D eigenvalue weighted by Gasteiger charge is -2.23. The molecule has 7 heteroatoms. The van der Waals surface area contributed by atoms with Crippen molar-refractivity contribution in [3.63, 3.8) is 0 Å². The van der Waals surface area contributed by atoms with Gasteiger partial charge in [-0.1, -0.05) is 0 Å². The van der Waals surface area contributed by atoms with Crippen molar-refractivity contribution in [1.82, 2.24) is 19.9 Å². The fraction of sp³-hybridized carbons (Fsp3) is 0.429. The number of aromatic nitrogens is 4. The van der Waals surface area contributed by atoms with Gasteiger partial charge in [-0.2, -0.15) is 0 Å². The van der Waals surface area contributed by atoms with Gasteiger partial charge in [0, 0.05) is 43.2 Å². The molecular formula is C14H17N5O2. The Labute approximate surface area is 122 Å². The highest BCUT2D eigenvalue weighted by atomic mass is 16.5. The van der Waals surface area contributed by atoms with Crippen LogP contribution in [0.15, 0.2) is 35.8 Å². The summed E-state index contributed by atoms with van der Waals surface area (Å²) in [5, 5.41) is 0. The Morgan fingerprint density at radius 2 is 2.33 bits per heavy atom. The van der Waals surface area contributed by atoms with Gasteiger partial charge in [0.1, 0.15) is 5.82 Å². The van der Waals surface area contributed by atoms with Gasteiger partial charge in [0.25, 0.3) is 5.56 Å². The molecule has 0 aromatic carbocycles. The molecule has 3 rings (SSSR count). The first kappa shape index (κ1) is 13.7. The molecule has 0 bridgehead atoms. The molecule has 2 aromatic heterocycles. The number of nitrogens with one attached hydrogen (secondary N) is 1. The summed E-state index contributed by atoms with van der Waals surface area (Å²) < 4.78 is 5.66. The SMILES string of the molecule is O=c1cc(CC2COCCN(c3cnccn3)C2)nc[nH]1. The maximum atomic E-state index is 11.3. The van der Waals surface area contributed by atoms with E-state index in [1.807, 2.05) is 0 Å². The third kappa shape index (κ3) is 3.63. The quantitative estimate of drug-likeness (QED) is 0.871. The van der Waals surface area contributed by atoms with Gasteiger partial charge >= 0.3 is 0 Å². The van der Waals surface area contributed by atoms with Crippen LogP contribution in [0, 0.1) is 5.92 Å². The molecule has 1 saturated heterocycles. The second-order valence-corrected chi connectivity index (χ2v) is 5.06. The predicted molar refractivity (Wildman–Crippen MR) is 77.1 cm³/mol. The molecule has 0 spiro atoms. The second kappa shape index (κ2) is 6.45. The Bertz CT molecular complexity index is 631. The molecule has 1 aliphatic heterocycles. The van der Waals surface area contributed by atoms with Gasteiger partial charge in [-0.05, 0) is 6.42 Å². The van der Waals surface area contributed by atoms with Crippen LogP contribution in [-0.2, 0) is 11.2 Å². The van der Waals surface area contributed by atoms with Crippen LogP contribution in [0.25, 0.3) is 0 Å². The van der Waals surface area contributed by atoms with E-state index in [0.717, 1.165) is 24.6 Å². The monoisotopic (exact) mass is 287 g/mol. The Morgan fingerprint density at radius 3 is 3.14 bits per heavy atom. The molecule has 110 valence electrons. The molecule has 1 atom stereocenters. The van der Waals surface area contributed by atoms with E-state index < -0.39 is 0 Å². The summed E-state index contributed by atoms with van der Waals surface area (Å²) in [7, 11) is 0. The summed E-state index contributed by atoms with van der Waals surface area (Å²) >= 11 is 0. The average molecular weight is 287 g/mol. The smallest absolute Gasteiger partial charge is 0.250 e. The van der Waals surface area contributed by atoms with Gasteiger partial charge in [-0.15, -0.1) is 0 Å². The summed E-state index contributed by atoms with van der Waals surface area (Å²) in [5.74, 6) is 1.12.